The maximum absolute atomic E-state index is 5.79. The average Bonchev–Trinajstić information content (AvgIpc) is 2.60. The Labute approximate surface area is 154 Å². The van der Waals surface area contributed by atoms with E-state index in [2.05, 4.69) is 48.1 Å². The Morgan fingerprint density at radius 1 is 1.00 bits per heavy atom. The van der Waals surface area contributed by atoms with Gasteiger partial charge in [0.25, 0.3) is 0 Å². The lowest BCUT2D eigenvalue weighted by Gasteiger charge is -2.36. The van der Waals surface area contributed by atoms with Crippen LogP contribution in [0.2, 0.25) is 0 Å². The predicted molar refractivity (Wildman–Crippen MR) is 108 cm³/mol. The molecule has 2 rings (SSSR count). The Hall–Kier alpha value is -1.29. The molecule has 2 atom stereocenters. The van der Waals surface area contributed by atoms with Crippen LogP contribution in [-0.2, 0) is 4.74 Å². The fraction of sp³-hybridized carbons (Fsp3) is 0.762. The van der Waals surface area contributed by atoms with E-state index in [1.165, 1.54) is 51.4 Å². The van der Waals surface area contributed by atoms with Crippen LogP contribution < -0.4 is 10.2 Å². The zero-order valence-corrected chi connectivity index (χ0v) is 16.5. The van der Waals surface area contributed by atoms with Crippen molar-refractivity contribution in [1.29, 1.82) is 0 Å². The van der Waals surface area contributed by atoms with E-state index in [4.69, 9.17) is 4.74 Å². The van der Waals surface area contributed by atoms with Crippen molar-refractivity contribution in [2.45, 2.75) is 84.3 Å². The van der Waals surface area contributed by atoms with Crippen LogP contribution >= 0.6 is 0 Å². The highest BCUT2D eigenvalue weighted by atomic mass is 16.5. The number of nitrogens with zero attached hydrogens (tertiary/aromatic N) is 2. The summed E-state index contributed by atoms with van der Waals surface area (Å²) in [6, 6.07) is 4.28. The second kappa shape index (κ2) is 11.3. The van der Waals surface area contributed by atoms with Crippen molar-refractivity contribution in [3.8, 4) is 0 Å². The quantitative estimate of drug-likeness (QED) is 0.555. The molecule has 4 heteroatoms. The number of morpholine rings is 1. The number of nitrogens with one attached hydrogen (secondary N) is 1. The SMILES string of the molecule is CCCCCCCCCCNc1ccc(N2CC(C)OC(C)C2)nc1. The van der Waals surface area contributed by atoms with Crippen molar-refractivity contribution in [3.63, 3.8) is 0 Å². The average molecular weight is 348 g/mol. The van der Waals surface area contributed by atoms with Gasteiger partial charge in [0, 0.05) is 19.6 Å². The van der Waals surface area contributed by atoms with E-state index < -0.39 is 0 Å². The van der Waals surface area contributed by atoms with Gasteiger partial charge in [-0.25, -0.2) is 4.98 Å². The zero-order chi connectivity index (χ0) is 17.9. The van der Waals surface area contributed by atoms with Gasteiger partial charge >= 0.3 is 0 Å². The highest BCUT2D eigenvalue weighted by Crippen LogP contribution is 2.19. The van der Waals surface area contributed by atoms with E-state index >= 15 is 0 Å². The first kappa shape index (κ1) is 20.0. The fourth-order valence-electron chi connectivity index (χ4n) is 3.53. The molecular weight excluding hydrogens is 310 g/mol. The van der Waals surface area contributed by atoms with Gasteiger partial charge in [-0.15, -0.1) is 0 Å². The van der Waals surface area contributed by atoms with E-state index in [-0.39, 0.29) is 12.2 Å². The molecule has 1 fully saturated rings. The number of hydrogen-bond acceptors (Lipinski definition) is 4. The molecule has 2 heterocycles. The maximum Gasteiger partial charge on any atom is 0.128 e. The molecule has 0 bridgehead atoms. The second-order valence-corrected chi connectivity index (χ2v) is 7.47. The molecule has 2 unspecified atom stereocenters. The minimum atomic E-state index is 0.269. The van der Waals surface area contributed by atoms with E-state index in [0.717, 1.165) is 31.1 Å². The van der Waals surface area contributed by atoms with Crippen LogP contribution in [0.4, 0.5) is 11.5 Å². The van der Waals surface area contributed by atoms with Crippen molar-refractivity contribution in [2.24, 2.45) is 0 Å². The largest absolute Gasteiger partial charge is 0.384 e. The molecule has 1 N–H and O–H groups in total. The van der Waals surface area contributed by atoms with Crippen molar-refractivity contribution in [1.82, 2.24) is 4.98 Å². The Morgan fingerprint density at radius 2 is 1.64 bits per heavy atom. The van der Waals surface area contributed by atoms with Crippen LogP contribution in [0.25, 0.3) is 0 Å². The number of anilines is 2. The topological polar surface area (TPSA) is 37.4 Å². The van der Waals surface area contributed by atoms with Crippen LogP contribution in [0.3, 0.4) is 0 Å². The molecule has 0 radical (unpaired) electrons. The smallest absolute Gasteiger partial charge is 0.128 e. The molecule has 4 nitrogen and oxygen atoms in total. The van der Waals surface area contributed by atoms with Gasteiger partial charge in [-0.05, 0) is 32.4 Å². The molecule has 0 amide bonds. The summed E-state index contributed by atoms with van der Waals surface area (Å²) in [4.78, 5) is 6.96. The lowest BCUT2D eigenvalue weighted by molar-refractivity contribution is -0.00545. The van der Waals surface area contributed by atoms with E-state index in [0.29, 0.717) is 0 Å². The predicted octanol–water partition coefficient (Wildman–Crippen LogP) is 5.25. The molecule has 1 aromatic rings. The first-order chi connectivity index (χ1) is 12.2. The standard InChI is InChI=1S/C21H37N3O/c1-4-5-6-7-8-9-10-11-14-22-20-12-13-21(23-15-20)24-16-18(2)25-19(3)17-24/h12-13,15,18-19,22H,4-11,14,16-17H2,1-3H3. The van der Waals surface area contributed by atoms with Gasteiger partial charge in [0.1, 0.15) is 5.82 Å². The van der Waals surface area contributed by atoms with E-state index in [1.54, 1.807) is 0 Å². The highest BCUT2D eigenvalue weighted by Gasteiger charge is 2.22. The summed E-state index contributed by atoms with van der Waals surface area (Å²) < 4.78 is 5.79. The summed E-state index contributed by atoms with van der Waals surface area (Å²) in [5.41, 5.74) is 1.13. The van der Waals surface area contributed by atoms with Crippen LogP contribution in [0.15, 0.2) is 18.3 Å². The van der Waals surface area contributed by atoms with Gasteiger partial charge in [0.15, 0.2) is 0 Å². The van der Waals surface area contributed by atoms with Crippen molar-refractivity contribution in [2.75, 3.05) is 29.9 Å². The highest BCUT2D eigenvalue weighted by molar-refractivity contribution is 5.48. The summed E-state index contributed by atoms with van der Waals surface area (Å²) in [6.07, 6.45) is 13.4. The van der Waals surface area contributed by atoms with Crippen molar-refractivity contribution < 1.29 is 4.74 Å². The Balaban J connectivity index is 1.60. The number of aromatic nitrogens is 1. The number of unbranched alkanes of at least 4 members (excludes halogenated alkanes) is 7. The molecule has 25 heavy (non-hydrogen) atoms. The first-order valence-electron chi connectivity index (χ1n) is 10.3. The number of pyridine rings is 1. The van der Waals surface area contributed by atoms with Crippen LogP contribution in [0.1, 0.15) is 72.1 Å². The lowest BCUT2D eigenvalue weighted by atomic mass is 10.1. The first-order valence-corrected chi connectivity index (χ1v) is 10.3. The Morgan fingerprint density at radius 3 is 2.24 bits per heavy atom. The summed E-state index contributed by atoms with van der Waals surface area (Å²) >= 11 is 0. The molecule has 1 aliphatic rings. The maximum atomic E-state index is 5.79. The third-order valence-corrected chi connectivity index (χ3v) is 4.85. The summed E-state index contributed by atoms with van der Waals surface area (Å²) in [5.74, 6) is 1.06. The molecule has 1 aromatic heterocycles. The molecule has 0 saturated carbocycles. The third kappa shape index (κ3) is 7.64. The normalized spacial score (nSPS) is 20.7. The summed E-state index contributed by atoms with van der Waals surface area (Å²) in [5, 5.41) is 3.50. The molecule has 1 aliphatic heterocycles. The van der Waals surface area contributed by atoms with E-state index in [1.807, 2.05) is 6.20 Å². The lowest BCUT2D eigenvalue weighted by Crippen LogP contribution is -2.45. The number of hydrogen-bond donors (Lipinski definition) is 1. The summed E-state index contributed by atoms with van der Waals surface area (Å²) in [6.45, 7) is 9.41. The van der Waals surface area contributed by atoms with Gasteiger partial charge in [0.2, 0.25) is 0 Å². The minimum absolute atomic E-state index is 0.269. The molecule has 0 spiro atoms. The van der Waals surface area contributed by atoms with Gasteiger partial charge in [-0.2, -0.15) is 0 Å². The van der Waals surface area contributed by atoms with E-state index in [9.17, 15) is 0 Å². The van der Waals surface area contributed by atoms with Gasteiger partial charge in [-0.3, -0.25) is 0 Å². The molecule has 0 aliphatic carbocycles. The molecule has 1 saturated heterocycles. The Kier molecular flexibility index (Phi) is 9.09. The zero-order valence-electron chi connectivity index (χ0n) is 16.5. The number of ether oxygens (including phenoxy) is 1. The summed E-state index contributed by atoms with van der Waals surface area (Å²) in [7, 11) is 0. The minimum Gasteiger partial charge on any atom is -0.384 e. The van der Waals surface area contributed by atoms with Crippen molar-refractivity contribution >= 4 is 11.5 Å². The van der Waals surface area contributed by atoms with Crippen LogP contribution in [-0.4, -0.2) is 36.8 Å². The van der Waals surface area contributed by atoms with Crippen LogP contribution in [0.5, 0.6) is 0 Å². The molecule has 0 aromatic carbocycles. The molecule has 142 valence electrons. The van der Waals surface area contributed by atoms with Crippen molar-refractivity contribution in [3.05, 3.63) is 18.3 Å². The van der Waals surface area contributed by atoms with Gasteiger partial charge < -0.3 is 15.0 Å². The molecular formula is C21H37N3O. The third-order valence-electron chi connectivity index (χ3n) is 4.85. The van der Waals surface area contributed by atoms with Crippen LogP contribution in [0, 0.1) is 0 Å². The monoisotopic (exact) mass is 347 g/mol. The fourth-order valence-corrected chi connectivity index (χ4v) is 3.53. The number of rotatable bonds is 11. The second-order valence-electron chi connectivity index (χ2n) is 7.47. The van der Waals surface area contributed by atoms with Gasteiger partial charge in [-0.1, -0.05) is 51.9 Å². The Bertz CT molecular complexity index is 453. The van der Waals surface area contributed by atoms with Gasteiger partial charge in [0.05, 0.1) is 24.1 Å².